The van der Waals surface area contributed by atoms with Crippen molar-refractivity contribution in [2.75, 3.05) is 24.7 Å². The van der Waals surface area contributed by atoms with Gasteiger partial charge in [0.1, 0.15) is 15.6 Å². The van der Waals surface area contributed by atoms with Gasteiger partial charge in [-0.25, -0.2) is 0 Å². The lowest BCUT2D eigenvalue weighted by molar-refractivity contribution is 0.0958. The molecule has 5 nitrogen and oxygen atoms in total. The van der Waals surface area contributed by atoms with Crippen molar-refractivity contribution >= 4 is 27.9 Å². The Kier molecular flexibility index (Phi) is 5.33. The van der Waals surface area contributed by atoms with Crippen LogP contribution in [0.2, 0.25) is 0 Å². The largest absolute Gasteiger partial charge is 0.492 e. The van der Waals surface area contributed by atoms with Gasteiger partial charge < -0.3 is 21.1 Å². The highest BCUT2D eigenvalue weighted by molar-refractivity contribution is 7.19. The van der Waals surface area contributed by atoms with Crippen LogP contribution in [-0.2, 0) is 0 Å². The highest BCUT2D eigenvalue weighted by Gasteiger charge is 2.37. The highest BCUT2D eigenvalue weighted by atomic mass is 32.1. The summed E-state index contributed by atoms with van der Waals surface area (Å²) in [6.45, 7) is 4.88. The van der Waals surface area contributed by atoms with E-state index < -0.39 is 0 Å². The molecule has 0 radical (unpaired) electrons. The molecule has 1 aliphatic rings. The van der Waals surface area contributed by atoms with Crippen LogP contribution in [0.4, 0.5) is 10.7 Å². The fourth-order valence-corrected chi connectivity index (χ4v) is 3.56. The number of hydrogen-bond acceptors (Lipinski definition) is 5. The molecule has 1 aromatic heterocycles. The zero-order valence-corrected chi connectivity index (χ0v) is 13.8. The van der Waals surface area contributed by atoms with E-state index >= 15 is 0 Å². The van der Waals surface area contributed by atoms with E-state index in [9.17, 15) is 4.79 Å². The average Bonchev–Trinajstić information content (AvgIpc) is 3.11. The predicted octanol–water partition coefficient (Wildman–Crippen LogP) is 3.08. The molecule has 1 aliphatic carbocycles. The van der Waals surface area contributed by atoms with Crippen LogP contribution in [0.15, 0.2) is 0 Å². The SMILES string of the molecule is CCCNC(=O)c1sc(NC2CC2CCC)c(OC)c1N. The highest BCUT2D eigenvalue weighted by Crippen LogP contribution is 2.46. The molecule has 1 saturated carbocycles. The van der Waals surface area contributed by atoms with Crippen LogP contribution in [0.3, 0.4) is 0 Å². The molecule has 0 aliphatic heterocycles. The summed E-state index contributed by atoms with van der Waals surface area (Å²) in [5, 5.41) is 7.21. The summed E-state index contributed by atoms with van der Waals surface area (Å²) in [4.78, 5) is 12.6. The van der Waals surface area contributed by atoms with E-state index in [2.05, 4.69) is 17.6 Å². The second-order valence-electron chi connectivity index (χ2n) is 5.50. The molecule has 0 spiro atoms. The Morgan fingerprint density at radius 1 is 1.43 bits per heavy atom. The number of ether oxygens (including phenoxy) is 1. The van der Waals surface area contributed by atoms with Crippen molar-refractivity contribution in [3.05, 3.63) is 4.88 Å². The Labute approximate surface area is 130 Å². The van der Waals surface area contributed by atoms with Gasteiger partial charge >= 0.3 is 0 Å². The molecular formula is C15H25N3O2S. The molecule has 2 unspecified atom stereocenters. The van der Waals surface area contributed by atoms with Crippen LogP contribution >= 0.6 is 11.3 Å². The van der Waals surface area contributed by atoms with Crippen LogP contribution < -0.4 is 21.1 Å². The maximum absolute atomic E-state index is 12.1. The molecule has 21 heavy (non-hydrogen) atoms. The minimum Gasteiger partial charge on any atom is -0.492 e. The first kappa shape index (κ1) is 15.9. The van der Waals surface area contributed by atoms with Crippen molar-refractivity contribution in [3.63, 3.8) is 0 Å². The van der Waals surface area contributed by atoms with Crippen molar-refractivity contribution in [1.29, 1.82) is 0 Å². The zero-order chi connectivity index (χ0) is 15.4. The number of nitrogen functional groups attached to an aromatic ring is 1. The number of carbonyl (C=O) groups excluding carboxylic acids is 1. The molecule has 1 amide bonds. The van der Waals surface area contributed by atoms with Crippen LogP contribution in [-0.4, -0.2) is 25.6 Å². The maximum atomic E-state index is 12.1. The quantitative estimate of drug-likeness (QED) is 0.689. The van der Waals surface area contributed by atoms with Crippen LogP contribution in [0.1, 0.15) is 49.2 Å². The molecule has 118 valence electrons. The Balaban J connectivity index is 2.09. The molecule has 0 saturated heterocycles. The van der Waals surface area contributed by atoms with E-state index in [1.165, 1.54) is 30.6 Å². The molecule has 4 N–H and O–H groups in total. The number of amides is 1. The van der Waals surface area contributed by atoms with E-state index in [1.54, 1.807) is 7.11 Å². The summed E-state index contributed by atoms with van der Waals surface area (Å²) in [5.74, 6) is 1.22. The number of rotatable bonds is 8. The van der Waals surface area contributed by atoms with Gasteiger partial charge in [0.15, 0.2) is 5.75 Å². The summed E-state index contributed by atoms with van der Waals surface area (Å²) in [5.41, 5.74) is 6.50. The molecule has 2 atom stereocenters. The van der Waals surface area contributed by atoms with Gasteiger partial charge in [0.05, 0.1) is 7.11 Å². The fraction of sp³-hybridized carbons (Fsp3) is 0.667. The van der Waals surface area contributed by atoms with Crippen molar-refractivity contribution in [3.8, 4) is 5.75 Å². The summed E-state index contributed by atoms with van der Waals surface area (Å²) < 4.78 is 5.38. The van der Waals surface area contributed by atoms with Gasteiger partial charge in [-0.15, -0.1) is 11.3 Å². The number of methoxy groups -OCH3 is 1. The number of nitrogens with two attached hydrogens (primary N) is 1. The third-order valence-electron chi connectivity index (χ3n) is 3.74. The Morgan fingerprint density at radius 3 is 2.81 bits per heavy atom. The molecule has 6 heteroatoms. The fourth-order valence-electron chi connectivity index (χ4n) is 2.50. The Hall–Kier alpha value is -1.43. The average molecular weight is 311 g/mol. The van der Waals surface area contributed by atoms with Crippen molar-refractivity contribution < 1.29 is 9.53 Å². The van der Waals surface area contributed by atoms with E-state index in [-0.39, 0.29) is 5.91 Å². The van der Waals surface area contributed by atoms with Crippen LogP contribution in [0.5, 0.6) is 5.75 Å². The van der Waals surface area contributed by atoms with E-state index in [4.69, 9.17) is 10.5 Å². The van der Waals surface area contributed by atoms with Crippen molar-refractivity contribution in [1.82, 2.24) is 5.32 Å². The first-order valence-corrected chi connectivity index (χ1v) is 8.44. The Morgan fingerprint density at radius 2 is 2.19 bits per heavy atom. The lowest BCUT2D eigenvalue weighted by Crippen LogP contribution is -2.23. The molecule has 1 fully saturated rings. The third kappa shape index (κ3) is 3.61. The van der Waals surface area contributed by atoms with Crippen LogP contribution in [0.25, 0.3) is 0 Å². The number of hydrogen-bond donors (Lipinski definition) is 3. The third-order valence-corrected chi connectivity index (χ3v) is 4.86. The van der Waals surface area contributed by atoms with Crippen LogP contribution in [0, 0.1) is 5.92 Å². The summed E-state index contributed by atoms with van der Waals surface area (Å²) in [6, 6.07) is 0.489. The summed E-state index contributed by atoms with van der Waals surface area (Å²) in [7, 11) is 1.59. The number of thiophene rings is 1. The number of anilines is 2. The lowest BCUT2D eigenvalue weighted by Gasteiger charge is -2.06. The van der Waals surface area contributed by atoms with Gasteiger partial charge in [0.25, 0.3) is 5.91 Å². The van der Waals surface area contributed by atoms with Gasteiger partial charge in [0, 0.05) is 12.6 Å². The standard InChI is InChI=1S/C15H25N3O2S/c1-4-6-9-8-10(9)18-15-12(20-3)11(16)13(21-15)14(19)17-7-5-2/h9-10,18H,4-8,16H2,1-3H3,(H,17,19). The predicted molar refractivity (Wildman–Crippen MR) is 88.3 cm³/mol. The van der Waals surface area contributed by atoms with Gasteiger partial charge in [0.2, 0.25) is 0 Å². The molecule has 1 aromatic rings. The van der Waals surface area contributed by atoms with Gasteiger partial charge in [-0.2, -0.15) is 0 Å². The number of carbonyl (C=O) groups is 1. The maximum Gasteiger partial charge on any atom is 0.263 e. The van der Waals surface area contributed by atoms with E-state index in [0.29, 0.717) is 28.9 Å². The first-order valence-electron chi connectivity index (χ1n) is 7.63. The topological polar surface area (TPSA) is 76.4 Å². The molecule has 1 heterocycles. The van der Waals surface area contributed by atoms with E-state index in [1.807, 2.05) is 6.92 Å². The van der Waals surface area contributed by atoms with Gasteiger partial charge in [-0.05, 0) is 25.2 Å². The molecule has 0 aromatic carbocycles. The minimum atomic E-state index is -0.119. The lowest BCUT2D eigenvalue weighted by atomic mass is 10.2. The molecule has 0 bridgehead atoms. The Bertz CT molecular complexity index is 501. The summed E-state index contributed by atoms with van der Waals surface area (Å²) in [6.07, 6.45) is 4.54. The minimum absolute atomic E-state index is 0.119. The monoisotopic (exact) mass is 311 g/mol. The summed E-state index contributed by atoms with van der Waals surface area (Å²) >= 11 is 1.38. The van der Waals surface area contributed by atoms with Crippen molar-refractivity contribution in [2.45, 2.75) is 45.6 Å². The van der Waals surface area contributed by atoms with Gasteiger partial charge in [-0.3, -0.25) is 4.79 Å². The second kappa shape index (κ2) is 7.02. The molecule has 2 rings (SSSR count). The van der Waals surface area contributed by atoms with E-state index in [0.717, 1.165) is 17.3 Å². The van der Waals surface area contributed by atoms with Crippen molar-refractivity contribution in [2.24, 2.45) is 5.92 Å². The normalized spacial score (nSPS) is 20.1. The smallest absolute Gasteiger partial charge is 0.263 e. The number of nitrogens with one attached hydrogen (secondary N) is 2. The van der Waals surface area contributed by atoms with Gasteiger partial charge in [-0.1, -0.05) is 20.3 Å². The molecular weight excluding hydrogens is 286 g/mol. The zero-order valence-electron chi connectivity index (χ0n) is 13.0. The second-order valence-corrected chi connectivity index (χ2v) is 6.52. The first-order chi connectivity index (χ1) is 10.1.